The number of carbonyl (C=O) groups is 1. The van der Waals surface area contributed by atoms with Gasteiger partial charge < -0.3 is 4.74 Å². The number of anilines is 1. The number of ether oxygens (including phenoxy) is 1. The van der Waals surface area contributed by atoms with Crippen molar-refractivity contribution in [3.63, 3.8) is 0 Å². The molecule has 0 fully saturated rings. The second-order valence-corrected chi connectivity index (χ2v) is 10.7. The highest BCUT2D eigenvalue weighted by molar-refractivity contribution is 7.87. The molecular weight excluding hydrogens is 488 g/mol. The average Bonchev–Trinajstić information content (AvgIpc) is 3.24. The van der Waals surface area contributed by atoms with Gasteiger partial charge in [0.2, 0.25) is 0 Å². The number of carbonyl (C=O) groups excluding carboxylic acids is 1. The van der Waals surface area contributed by atoms with Gasteiger partial charge >= 0.3 is 0 Å². The number of hydrogen-bond acceptors (Lipinski definition) is 8. The number of rotatable bonds is 7. The lowest BCUT2D eigenvalue weighted by molar-refractivity contribution is 0.102. The first-order valence-corrected chi connectivity index (χ1v) is 13.1. The number of nitrogens with one attached hydrogen (secondary N) is 2. The maximum Gasteiger partial charge on any atom is 0.279 e. The van der Waals surface area contributed by atoms with Crippen molar-refractivity contribution in [1.29, 1.82) is 5.26 Å². The maximum absolute atomic E-state index is 13.3. The Morgan fingerprint density at radius 3 is 2.83 bits per heavy atom. The van der Waals surface area contributed by atoms with Crippen LogP contribution in [0.4, 0.5) is 5.13 Å². The first kappa shape index (κ1) is 24.7. The summed E-state index contributed by atoms with van der Waals surface area (Å²) in [6.45, 7) is 4.38. The largest absolute Gasteiger partial charge is 0.496 e. The molecule has 0 saturated carbocycles. The molecule has 1 aliphatic heterocycles. The summed E-state index contributed by atoms with van der Waals surface area (Å²) in [7, 11) is -2.03. The Morgan fingerprint density at radius 1 is 1.31 bits per heavy atom. The Bertz CT molecular complexity index is 1430. The fraction of sp³-hybridized carbons (Fsp3) is 0.304. The summed E-state index contributed by atoms with van der Waals surface area (Å²) < 4.78 is 34.1. The highest BCUT2D eigenvalue weighted by atomic mass is 32.2. The zero-order valence-electron chi connectivity index (χ0n) is 19.5. The second kappa shape index (κ2) is 10.1. The first-order valence-electron chi connectivity index (χ1n) is 10.9. The van der Waals surface area contributed by atoms with Crippen LogP contribution in [0.2, 0.25) is 0 Å². The van der Waals surface area contributed by atoms with E-state index in [-0.39, 0.29) is 6.54 Å². The number of aryl methyl sites for hydroxylation is 1. The van der Waals surface area contributed by atoms with Crippen LogP contribution in [0.25, 0.3) is 11.1 Å². The van der Waals surface area contributed by atoms with Crippen LogP contribution in [0, 0.1) is 18.3 Å². The molecule has 1 aliphatic rings. The minimum Gasteiger partial charge on any atom is -0.496 e. The molecule has 3 heterocycles. The van der Waals surface area contributed by atoms with Crippen molar-refractivity contribution in [3.8, 4) is 22.9 Å². The number of methoxy groups -OCH3 is 1. The number of nitrogens with zero attached hydrogens (tertiary/aromatic N) is 4. The van der Waals surface area contributed by atoms with E-state index in [1.807, 2.05) is 6.92 Å². The van der Waals surface area contributed by atoms with Crippen molar-refractivity contribution in [2.75, 3.05) is 25.5 Å². The number of pyridine rings is 1. The number of nitriles is 1. The molecule has 0 spiro atoms. The van der Waals surface area contributed by atoms with Crippen molar-refractivity contribution in [1.82, 2.24) is 19.0 Å². The molecule has 10 nitrogen and oxygen atoms in total. The van der Waals surface area contributed by atoms with E-state index in [1.54, 1.807) is 31.2 Å². The van der Waals surface area contributed by atoms with Crippen LogP contribution < -0.4 is 14.8 Å². The van der Waals surface area contributed by atoms with Crippen molar-refractivity contribution in [2.45, 2.75) is 26.8 Å². The van der Waals surface area contributed by atoms with Gasteiger partial charge in [-0.2, -0.15) is 18.0 Å². The molecule has 0 atom stereocenters. The van der Waals surface area contributed by atoms with Gasteiger partial charge in [-0.05, 0) is 31.2 Å². The molecule has 2 N–H and O–H groups in total. The van der Waals surface area contributed by atoms with E-state index in [0.29, 0.717) is 58.3 Å². The molecule has 0 saturated heterocycles. The molecule has 0 bridgehead atoms. The van der Waals surface area contributed by atoms with Crippen molar-refractivity contribution in [3.05, 3.63) is 57.9 Å². The summed E-state index contributed by atoms with van der Waals surface area (Å²) in [5, 5.41) is 12.6. The van der Waals surface area contributed by atoms with E-state index >= 15 is 0 Å². The normalized spacial score (nSPS) is 13.7. The summed E-state index contributed by atoms with van der Waals surface area (Å²) >= 11 is 1.25. The van der Waals surface area contributed by atoms with Gasteiger partial charge in [0.05, 0.1) is 36.5 Å². The Hall–Kier alpha value is -3.37. The molecule has 0 unspecified atom stereocenters. The topological polar surface area (TPSA) is 137 Å². The summed E-state index contributed by atoms with van der Waals surface area (Å²) in [4.78, 5) is 22.9. The zero-order chi connectivity index (χ0) is 25.2. The molecule has 1 amide bonds. The second-order valence-electron chi connectivity index (χ2n) is 7.83. The third-order valence-electron chi connectivity index (χ3n) is 5.49. The molecule has 1 aromatic carbocycles. The fourth-order valence-electron chi connectivity index (χ4n) is 3.82. The molecule has 0 radical (unpaired) electrons. The molecule has 0 aliphatic carbocycles. The molecule has 2 aromatic heterocycles. The number of thiazole rings is 1. The number of amides is 1. The van der Waals surface area contributed by atoms with Crippen LogP contribution in [-0.2, 0) is 23.2 Å². The SMILES string of the molecule is CCNS(=O)(=O)N1CCc2nc(NC(=O)c3cnc(C)cc3-c3cc(C#N)ccc3OC)sc2C1. The highest BCUT2D eigenvalue weighted by Gasteiger charge is 2.29. The minimum absolute atomic E-state index is 0.202. The molecule has 12 heteroatoms. The fourth-order valence-corrected chi connectivity index (χ4v) is 6.10. The van der Waals surface area contributed by atoms with E-state index < -0.39 is 16.1 Å². The summed E-state index contributed by atoms with van der Waals surface area (Å²) in [5.41, 5.74) is 3.39. The van der Waals surface area contributed by atoms with Gasteiger partial charge in [-0.15, -0.1) is 11.3 Å². The van der Waals surface area contributed by atoms with Gasteiger partial charge in [0, 0.05) is 47.4 Å². The molecule has 3 aromatic rings. The minimum atomic E-state index is -3.55. The van der Waals surface area contributed by atoms with Crippen LogP contribution in [0.3, 0.4) is 0 Å². The average molecular weight is 513 g/mol. The quantitative estimate of drug-likeness (QED) is 0.496. The predicted molar refractivity (Wildman–Crippen MR) is 132 cm³/mol. The van der Waals surface area contributed by atoms with Gasteiger partial charge in [-0.1, -0.05) is 6.92 Å². The predicted octanol–water partition coefficient (Wildman–Crippen LogP) is 2.86. The Balaban J connectivity index is 1.63. The van der Waals surface area contributed by atoms with Gasteiger partial charge in [0.25, 0.3) is 16.1 Å². The van der Waals surface area contributed by atoms with E-state index in [1.165, 1.54) is 28.9 Å². The van der Waals surface area contributed by atoms with Gasteiger partial charge in [0.1, 0.15) is 5.75 Å². The Labute approximate surface area is 207 Å². The first-order chi connectivity index (χ1) is 16.7. The van der Waals surface area contributed by atoms with Crippen LogP contribution >= 0.6 is 11.3 Å². The molecule has 4 rings (SSSR count). The van der Waals surface area contributed by atoms with Gasteiger partial charge in [-0.25, -0.2) is 9.71 Å². The van der Waals surface area contributed by atoms with Gasteiger partial charge in [-0.3, -0.25) is 15.1 Å². The number of hydrogen-bond donors (Lipinski definition) is 2. The van der Waals surface area contributed by atoms with Crippen molar-refractivity contribution >= 4 is 32.6 Å². The lowest BCUT2D eigenvalue weighted by Gasteiger charge is -2.25. The number of benzene rings is 1. The standard InChI is InChI=1S/C23H24N6O4S2/c1-4-26-35(31,32)29-8-7-19-21(13-29)34-23(27-19)28-22(30)18-12-25-14(2)9-16(18)17-10-15(11-24)5-6-20(17)33-3/h5-6,9-10,12,26H,4,7-8,13H2,1-3H3,(H,27,28,30). The van der Waals surface area contributed by atoms with Crippen LogP contribution in [0.5, 0.6) is 5.75 Å². The number of fused-ring (bicyclic) bond motifs is 1. The molecular formula is C23H24N6O4S2. The van der Waals surface area contributed by atoms with E-state index in [2.05, 4.69) is 26.1 Å². The summed E-state index contributed by atoms with van der Waals surface area (Å²) in [6.07, 6.45) is 1.94. The van der Waals surface area contributed by atoms with E-state index in [4.69, 9.17) is 4.74 Å². The zero-order valence-corrected chi connectivity index (χ0v) is 21.1. The van der Waals surface area contributed by atoms with E-state index in [9.17, 15) is 18.5 Å². The number of aromatic nitrogens is 2. The van der Waals surface area contributed by atoms with Crippen molar-refractivity contribution in [2.24, 2.45) is 0 Å². The lowest BCUT2D eigenvalue weighted by atomic mass is 9.97. The van der Waals surface area contributed by atoms with Crippen LogP contribution in [0.1, 0.15) is 39.1 Å². The van der Waals surface area contributed by atoms with Crippen LogP contribution in [0.15, 0.2) is 30.5 Å². The third kappa shape index (κ3) is 5.18. The smallest absolute Gasteiger partial charge is 0.279 e. The van der Waals surface area contributed by atoms with E-state index in [0.717, 1.165) is 10.6 Å². The Kier molecular flexibility index (Phi) is 7.13. The highest BCUT2D eigenvalue weighted by Crippen LogP contribution is 2.35. The molecule has 35 heavy (non-hydrogen) atoms. The lowest BCUT2D eigenvalue weighted by Crippen LogP contribution is -2.42. The molecule has 182 valence electrons. The summed E-state index contributed by atoms with van der Waals surface area (Å²) in [6, 6.07) is 8.89. The van der Waals surface area contributed by atoms with Crippen LogP contribution in [-0.4, -0.2) is 48.8 Å². The monoisotopic (exact) mass is 512 g/mol. The summed E-state index contributed by atoms with van der Waals surface area (Å²) in [5.74, 6) is 0.107. The Morgan fingerprint density at radius 2 is 2.11 bits per heavy atom. The third-order valence-corrected chi connectivity index (χ3v) is 8.13. The maximum atomic E-state index is 13.3. The van der Waals surface area contributed by atoms with Gasteiger partial charge in [0.15, 0.2) is 5.13 Å². The van der Waals surface area contributed by atoms with Crippen molar-refractivity contribution < 1.29 is 17.9 Å².